The van der Waals surface area contributed by atoms with Gasteiger partial charge in [-0.2, -0.15) is 0 Å². The number of hydrogen-bond acceptors (Lipinski definition) is 4. The molecule has 0 saturated heterocycles. The third-order valence-electron chi connectivity index (χ3n) is 2.16. The van der Waals surface area contributed by atoms with E-state index < -0.39 is 0 Å². The topological polar surface area (TPSA) is 46.6 Å². The molecule has 0 aromatic rings. The summed E-state index contributed by atoms with van der Waals surface area (Å²) in [7, 11) is 5.10. The number of hydrogen-bond donors (Lipinski definition) is 0. The lowest BCUT2D eigenvalue weighted by Gasteiger charge is -2.01. The molecule has 0 bridgehead atoms. The number of ether oxygens (including phenoxy) is 1. The lowest BCUT2D eigenvalue weighted by atomic mass is 10.2. The Morgan fingerprint density at radius 3 is 2.71 bits per heavy atom. The lowest BCUT2D eigenvalue weighted by Crippen LogP contribution is -2.01. The van der Waals surface area contributed by atoms with E-state index in [1.165, 1.54) is 7.11 Å². The maximum Gasteiger partial charge on any atom is 0.305 e. The zero-order valence-corrected chi connectivity index (χ0v) is 8.74. The van der Waals surface area contributed by atoms with Crippen LogP contribution in [0.2, 0.25) is 0 Å². The Kier molecular flexibility index (Phi) is 3.28. The van der Waals surface area contributed by atoms with Crippen molar-refractivity contribution in [3.05, 3.63) is 11.8 Å². The van der Waals surface area contributed by atoms with Gasteiger partial charge in [0.25, 0.3) is 0 Å². The summed E-state index contributed by atoms with van der Waals surface area (Å²) in [4.78, 5) is 23.9. The molecule has 0 amide bonds. The first-order valence-electron chi connectivity index (χ1n) is 4.55. The van der Waals surface area contributed by atoms with Crippen LogP contribution in [0, 0.1) is 5.92 Å². The Morgan fingerprint density at radius 1 is 1.57 bits per heavy atom. The highest BCUT2D eigenvalue weighted by atomic mass is 16.5. The van der Waals surface area contributed by atoms with E-state index in [2.05, 4.69) is 4.74 Å². The minimum Gasteiger partial charge on any atom is -0.469 e. The van der Waals surface area contributed by atoms with Crippen LogP contribution in [0.3, 0.4) is 0 Å². The first-order valence-corrected chi connectivity index (χ1v) is 4.55. The Hall–Kier alpha value is -1.32. The molecule has 1 unspecified atom stereocenters. The van der Waals surface area contributed by atoms with Gasteiger partial charge in [-0.3, -0.25) is 9.59 Å². The second-order valence-corrected chi connectivity index (χ2v) is 3.58. The van der Waals surface area contributed by atoms with Crippen LogP contribution < -0.4 is 0 Å². The van der Waals surface area contributed by atoms with Crippen LogP contribution in [0.5, 0.6) is 0 Å². The number of methoxy groups -OCH3 is 1. The number of esters is 1. The fourth-order valence-electron chi connectivity index (χ4n) is 1.35. The van der Waals surface area contributed by atoms with E-state index in [4.69, 9.17) is 0 Å². The van der Waals surface area contributed by atoms with Gasteiger partial charge in [0, 0.05) is 32.3 Å². The summed E-state index contributed by atoms with van der Waals surface area (Å²) in [6.07, 6.45) is 2.70. The monoisotopic (exact) mass is 197 g/mol. The van der Waals surface area contributed by atoms with E-state index in [0.29, 0.717) is 12.8 Å². The number of carbonyl (C=O) groups excluding carboxylic acids is 2. The number of allylic oxidation sites excluding steroid dienone is 1. The molecule has 0 aliphatic heterocycles. The van der Waals surface area contributed by atoms with Gasteiger partial charge in [0.2, 0.25) is 0 Å². The largest absolute Gasteiger partial charge is 0.469 e. The van der Waals surface area contributed by atoms with Gasteiger partial charge in [-0.25, -0.2) is 0 Å². The van der Waals surface area contributed by atoms with Crippen molar-refractivity contribution < 1.29 is 14.3 Å². The third kappa shape index (κ3) is 2.58. The Bertz CT molecular complexity index is 281. The van der Waals surface area contributed by atoms with E-state index in [9.17, 15) is 9.59 Å². The van der Waals surface area contributed by atoms with Crippen molar-refractivity contribution in [1.82, 2.24) is 4.90 Å². The molecule has 0 spiro atoms. The SMILES string of the molecule is COC(=O)CCC1C(=O)C1=CN(C)C. The van der Waals surface area contributed by atoms with Crippen molar-refractivity contribution in [1.29, 1.82) is 0 Å². The highest BCUT2D eigenvalue weighted by Gasteiger charge is 2.42. The molecule has 78 valence electrons. The number of rotatable bonds is 4. The van der Waals surface area contributed by atoms with Gasteiger partial charge in [-0.1, -0.05) is 0 Å². The van der Waals surface area contributed by atoms with E-state index in [0.717, 1.165) is 5.57 Å². The zero-order chi connectivity index (χ0) is 10.7. The second kappa shape index (κ2) is 4.26. The quantitative estimate of drug-likeness (QED) is 0.488. The summed E-state index contributed by atoms with van der Waals surface area (Å²) >= 11 is 0. The number of Topliss-reactive ketones (excluding diaryl/α,β-unsaturated/α-hetero) is 1. The number of nitrogens with zero attached hydrogens (tertiary/aromatic N) is 1. The summed E-state index contributed by atoms with van der Waals surface area (Å²) in [5, 5.41) is 0. The van der Waals surface area contributed by atoms with Gasteiger partial charge < -0.3 is 9.64 Å². The molecule has 0 aromatic carbocycles. The van der Waals surface area contributed by atoms with Crippen LogP contribution in [-0.4, -0.2) is 37.9 Å². The number of ketones is 1. The molecule has 1 rings (SSSR count). The van der Waals surface area contributed by atoms with Gasteiger partial charge in [0.1, 0.15) is 0 Å². The fraction of sp³-hybridized carbons (Fsp3) is 0.600. The maximum absolute atomic E-state index is 11.2. The van der Waals surface area contributed by atoms with Gasteiger partial charge in [0.05, 0.1) is 13.0 Å². The molecule has 0 N–H and O–H groups in total. The van der Waals surface area contributed by atoms with Crippen molar-refractivity contribution in [2.75, 3.05) is 21.2 Å². The first kappa shape index (κ1) is 10.8. The van der Waals surface area contributed by atoms with Gasteiger partial charge in [-0.05, 0) is 6.42 Å². The molecule has 0 heterocycles. The molecule has 1 fully saturated rings. The van der Waals surface area contributed by atoms with Crippen molar-refractivity contribution >= 4 is 11.8 Å². The van der Waals surface area contributed by atoms with E-state index >= 15 is 0 Å². The van der Waals surface area contributed by atoms with Crippen LogP contribution in [0.4, 0.5) is 0 Å². The highest BCUT2D eigenvalue weighted by Crippen LogP contribution is 2.36. The summed E-state index contributed by atoms with van der Waals surface area (Å²) in [5.41, 5.74) is 0.818. The van der Waals surface area contributed by atoms with Crippen LogP contribution in [-0.2, 0) is 14.3 Å². The summed E-state index contributed by atoms with van der Waals surface area (Å²) in [6.45, 7) is 0. The molecular weight excluding hydrogens is 182 g/mol. The second-order valence-electron chi connectivity index (χ2n) is 3.58. The predicted octanol–water partition coefficient (Wildman–Crippen LogP) is 0.584. The van der Waals surface area contributed by atoms with Crippen LogP contribution in [0.25, 0.3) is 0 Å². The maximum atomic E-state index is 11.2. The van der Waals surface area contributed by atoms with E-state index in [-0.39, 0.29) is 17.7 Å². The average Bonchev–Trinajstić information content (AvgIpc) is 2.71. The molecule has 14 heavy (non-hydrogen) atoms. The standard InChI is InChI=1S/C10H15NO3/c1-11(2)6-8-7(10(8)13)4-5-9(12)14-3/h6-7H,4-5H2,1-3H3. The Labute approximate surface area is 83.5 Å². The molecule has 0 radical (unpaired) electrons. The fourth-order valence-corrected chi connectivity index (χ4v) is 1.35. The molecule has 1 atom stereocenters. The Morgan fingerprint density at radius 2 is 2.21 bits per heavy atom. The normalized spacial score (nSPS) is 22.4. The van der Waals surface area contributed by atoms with Gasteiger partial charge >= 0.3 is 5.97 Å². The molecule has 1 aliphatic carbocycles. The third-order valence-corrected chi connectivity index (χ3v) is 2.16. The minimum absolute atomic E-state index is 0.0449. The Balaban J connectivity index is 2.36. The van der Waals surface area contributed by atoms with Crippen LogP contribution >= 0.6 is 0 Å². The number of carbonyl (C=O) groups is 2. The van der Waals surface area contributed by atoms with Crippen molar-refractivity contribution in [2.45, 2.75) is 12.8 Å². The smallest absolute Gasteiger partial charge is 0.305 e. The van der Waals surface area contributed by atoms with Crippen molar-refractivity contribution in [2.24, 2.45) is 5.92 Å². The van der Waals surface area contributed by atoms with Crippen molar-refractivity contribution in [3.8, 4) is 0 Å². The van der Waals surface area contributed by atoms with Gasteiger partial charge in [-0.15, -0.1) is 0 Å². The molecular formula is C10H15NO3. The molecule has 4 heteroatoms. The lowest BCUT2D eigenvalue weighted by molar-refractivity contribution is -0.140. The van der Waals surface area contributed by atoms with Crippen LogP contribution in [0.15, 0.2) is 11.8 Å². The zero-order valence-electron chi connectivity index (χ0n) is 8.74. The average molecular weight is 197 g/mol. The molecule has 1 aliphatic rings. The minimum atomic E-state index is -0.256. The van der Waals surface area contributed by atoms with Crippen LogP contribution in [0.1, 0.15) is 12.8 Å². The summed E-state index contributed by atoms with van der Waals surface area (Å²) in [6, 6.07) is 0. The van der Waals surface area contributed by atoms with E-state index in [1.807, 2.05) is 25.2 Å². The highest BCUT2D eigenvalue weighted by molar-refractivity contribution is 6.16. The molecule has 1 saturated carbocycles. The van der Waals surface area contributed by atoms with E-state index in [1.54, 1.807) is 0 Å². The summed E-state index contributed by atoms with van der Waals surface area (Å²) < 4.78 is 4.50. The summed E-state index contributed by atoms with van der Waals surface area (Å²) in [5.74, 6) is -0.145. The van der Waals surface area contributed by atoms with Gasteiger partial charge in [0.15, 0.2) is 5.78 Å². The molecule has 0 aromatic heterocycles. The van der Waals surface area contributed by atoms with Crippen molar-refractivity contribution in [3.63, 3.8) is 0 Å². The first-order chi connectivity index (χ1) is 6.56. The molecule has 4 nitrogen and oxygen atoms in total. The predicted molar refractivity (Wildman–Crippen MR) is 51.5 cm³/mol.